The number of phenols is 1. The first-order chi connectivity index (χ1) is 14.3. The second-order valence-corrected chi connectivity index (χ2v) is 7.86. The topological polar surface area (TPSA) is 68.5 Å². The number of carbonyl (C=O) groups excluding carboxylic acids is 2. The lowest BCUT2D eigenvalue weighted by molar-refractivity contribution is 0.101. The highest BCUT2D eigenvalue weighted by Crippen LogP contribution is 2.39. The molecule has 0 aliphatic rings. The van der Waals surface area contributed by atoms with Crippen LogP contribution in [0.15, 0.2) is 65.2 Å². The van der Waals surface area contributed by atoms with Crippen LogP contribution in [0.25, 0.3) is 0 Å². The van der Waals surface area contributed by atoms with Crippen LogP contribution in [-0.2, 0) is 6.54 Å². The number of methoxy groups -OCH3 is 1. The predicted octanol–water partition coefficient (Wildman–Crippen LogP) is 5.94. The molecule has 0 amide bonds. The minimum absolute atomic E-state index is 0.0660. The highest BCUT2D eigenvalue weighted by molar-refractivity contribution is 9.10. The second kappa shape index (κ2) is 9.08. The Morgan fingerprint density at radius 1 is 1.10 bits per heavy atom. The van der Waals surface area contributed by atoms with Crippen molar-refractivity contribution in [3.8, 4) is 11.5 Å². The van der Waals surface area contributed by atoms with Gasteiger partial charge in [-0.2, -0.15) is 0 Å². The Morgan fingerprint density at radius 3 is 2.33 bits per heavy atom. The molecule has 8 heteroatoms. The number of para-hydroxylation sites is 2. The van der Waals surface area contributed by atoms with E-state index in [1.165, 1.54) is 23.8 Å². The highest BCUT2D eigenvalue weighted by atomic mass is 79.9. The summed E-state index contributed by atoms with van der Waals surface area (Å²) in [6.45, 7) is 3.78. The molecule has 0 fully saturated rings. The number of benzene rings is 2. The van der Waals surface area contributed by atoms with Gasteiger partial charge in [0, 0.05) is 5.57 Å². The van der Waals surface area contributed by atoms with Crippen molar-refractivity contribution in [2.24, 2.45) is 0 Å². The fourth-order valence-corrected chi connectivity index (χ4v) is 4.11. The monoisotopic (exact) mass is 507 g/mol. The minimum atomic E-state index is -0.508. The van der Waals surface area contributed by atoms with Gasteiger partial charge in [0.15, 0.2) is 5.78 Å². The summed E-state index contributed by atoms with van der Waals surface area (Å²) in [5.74, 6) is -0.637. The molecule has 3 rings (SSSR count). The Bertz CT molecular complexity index is 1170. The van der Waals surface area contributed by atoms with Crippen LogP contribution in [0.4, 0.5) is 0 Å². The summed E-state index contributed by atoms with van der Waals surface area (Å²) in [5.41, 5.74) is 0.686. The van der Waals surface area contributed by atoms with E-state index in [1.807, 2.05) is 0 Å². The lowest BCUT2D eigenvalue weighted by Gasteiger charge is -2.14. The maximum absolute atomic E-state index is 13.1. The molecule has 1 N–H and O–H groups in total. The molecule has 0 aliphatic carbocycles. The molecule has 1 heterocycles. The Balaban J connectivity index is 2.02. The molecule has 0 radical (unpaired) electrons. The molecule has 0 atom stereocenters. The molecular formula is C22H16BrCl2NO4. The average molecular weight is 509 g/mol. The normalized spacial score (nSPS) is 10.7. The number of aromatic nitrogens is 1. The van der Waals surface area contributed by atoms with Gasteiger partial charge in [0.05, 0.1) is 34.3 Å². The van der Waals surface area contributed by atoms with Gasteiger partial charge in [-0.15, -0.1) is 0 Å². The number of allylic oxidation sites excluding steroid dienone is 1. The van der Waals surface area contributed by atoms with E-state index in [9.17, 15) is 14.7 Å². The van der Waals surface area contributed by atoms with Gasteiger partial charge in [0.25, 0.3) is 0 Å². The van der Waals surface area contributed by atoms with Crippen molar-refractivity contribution >= 4 is 50.7 Å². The van der Waals surface area contributed by atoms with Crippen molar-refractivity contribution in [1.29, 1.82) is 0 Å². The van der Waals surface area contributed by atoms with Crippen molar-refractivity contribution in [2.75, 3.05) is 7.11 Å². The van der Waals surface area contributed by atoms with E-state index in [2.05, 4.69) is 22.5 Å². The number of ketones is 2. The highest BCUT2D eigenvalue weighted by Gasteiger charge is 2.28. The molecular weight excluding hydrogens is 493 g/mol. The van der Waals surface area contributed by atoms with Crippen LogP contribution < -0.4 is 4.74 Å². The van der Waals surface area contributed by atoms with E-state index in [1.54, 1.807) is 36.4 Å². The number of aromatic hydroxyl groups is 1. The summed E-state index contributed by atoms with van der Waals surface area (Å²) >= 11 is 15.9. The molecule has 3 aromatic rings. The summed E-state index contributed by atoms with van der Waals surface area (Å²) in [5, 5.41) is 10.3. The van der Waals surface area contributed by atoms with Crippen LogP contribution in [0.3, 0.4) is 0 Å². The number of nitrogens with zero attached hydrogens (tertiary/aromatic N) is 1. The molecule has 0 bridgehead atoms. The number of phenolic OH excluding ortho intramolecular Hbond substituents is 1. The molecule has 30 heavy (non-hydrogen) atoms. The van der Waals surface area contributed by atoms with Gasteiger partial charge in [0.2, 0.25) is 5.78 Å². The zero-order valence-corrected chi connectivity index (χ0v) is 18.9. The predicted molar refractivity (Wildman–Crippen MR) is 120 cm³/mol. The van der Waals surface area contributed by atoms with Crippen molar-refractivity contribution in [3.05, 3.63) is 92.2 Å². The standard InChI is InChI=1S/C22H16BrCl2NO4/c1-12(20(28)14-8-4-6-10-16(14)30-2)11-26-19(17(23)18(24)22(26)25)21(29)13-7-3-5-9-15(13)27/h3-10,27H,1,11H2,2H3. The van der Waals surface area contributed by atoms with Gasteiger partial charge in [-0.1, -0.05) is 54.0 Å². The van der Waals surface area contributed by atoms with Crippen molar-refractivity contribution in [3.63, 3.8) is 0 Å². The van der Waals surface area contributed by atoms with Gasteiger partial charge >= 0.3 is 0 Å². The molecule has 1 aromatic heterocycles. The van der Waals surface area contributed by atoms with E-state index in [4.69, 9.17) is 27.9 Å². The molecule has 0 unspecified atom stereocenters. The van der Waals surface area contributed by atoms with E-state index >= 15 is 0 Å². The van der Waals surface area contributed by atoms with Gasteiger partial charge in [-0.3, -0.25) is 9.59 Å². The molecule has 0 spiro atoms. The largest absolute Gasteiger partial charge is 0.507 e. The zero-order valence-electron chi connectivity index (χ0n) is 15.8. The Morgan fingerprint density at radius 2 is 1.70 bits per heavy atom. The quantitative estimate of drug-likeness (QED) is 0.316. The lowest BCUT2D eigenvalue weighted by atomic mass is 10.0. The summed E-state index contributed by atoms with van der Waals surface area (Å²) in [4.78, 5) is 26.1. The average Bonchev–Trinajstić information content (AvgIpc) is 2.96. The lowest BCUT2D eigenvalue weighted by Crippen LogP contribution is -2.16. The van der Waals surface area contributed by atoms with Crippen LogP contribution >= 0.6 is 39.1 Å². The minimum Gasteiger partial charge on any atom is -0.507 e. The molecule has 154 valence electrons. The number of halogens is 3. The van der Waals surface area contributed by atoms with Crippen LogP contribution in [-0.4, -0.2) is 28.3 Å². The first-order valence-electron chi connectivity index (χ1n) is 8.69. The number of rotatable bonds is 7. The van der Waals surface area contributed by atoms with Gasteiger partial charge in [-0.25, -0.2) is 0 Å². The summed E-state index contributed by atoms with van der Waals surface area (Å²) < 4.78 is 6.89. The SMILES string of the molecule is C=C(Cn1c(Cl)c(Cl)c(Br)c1C(=O)c1ccccc1O)C(=O)c1ccccc1OC. The van der Waals surface area contributed by atoms with E-state index in [0.29, 0.717) is 11.3 Å². The fraction of sp³-hybridized carbons (Fsp3) is 0.0909. The summed E-state index contributed by atoms with van der Waals surface area (Å²) in [6, 6.07) is 12.9. The van der Waals surface area contributed by atoms with Crippen LogP contribution in [0.5, 0.6) is 11.5 Å². The van der Waals surface area contributed by atoms with Crippen molar-refractivity contribution in [2.45, 2.75) is 6.54 Å². The first-order valence-corrected chi connectivity index (χ1v) is 10.2. The Labute approximate surface area is 191 Å². The maximum Gasteiger partial charge on any atom is 0.214 e. The molecule has 0 saturated carbocycles. The first kappa shape index (κ1) is 22.2. The number of hydrogen-bond acceptors (Lipinski definition) is 4. The van der Waals surface area contributed by atoms with Crippen molar-refractivity contribution < 1.29 is 19.4 Å². The van der Waals surface area contributed by atoms with Crippen LogP contribution in [0, 0.1) is 0 Å². The van der Waals surface area contributed by atoms with E-state index in [0.717, 1.165) is 0 Å². The molecule has 0 aliphatic heterocycles. The van der Waals surface area contributed by atoms with E-state index in [-0.39, 0.29) is 49.6 Å². The number of carbonyl (C=O) groups is 2. The smallest absolute Gasteiger partial charge is 0.214 e. The summed E-state index contributed by atoms with van der Waals surface area (Å²) in [7, 11) is 1.47. The number of Topliss-reactive ketones (excluding diaryl/α,β-unsaturated/α-hetero) is 1. The molecule has 2 aromatic carbocycles. The zero-order chi connectivity index (χ0) is 22.0. The summed E-state index contributed by atoms with van der Waals surface area (Å²) in [6.07, 6.45) is 0. The fourth-order valence-electron chi connectivity index (χ4n) is 2.98. The van der Waals surface area contributed by atoms with Gasteiger partial charge in [-0.05, 0) is 40.2 Å². The van der Waals surface area contributed by atoms with E-state index < -0.39 is 5.78 Å². The third-order valence-corrected chi connectivity index (χ3v) is 6.33. The number of ether oxygens (including phenoxy) is 1. The van der Waals surface area contributed by atoms with Crippen LogP contribution in [0.1, 0.15) is 26.4 Å². The van der Waals surface area contributed by atoms with Gasteiger partial charge in [0.1, 0.15) is 22.3 Å². The molecule has 0 saturated heterocycles. The van der Waals surface area contributed by atoms with Crippen LogP contribution in [0.2, 0.25) is 10.2 Å². The maximum atomic E-state index is 13.1. The third-order valence-electron chi connectivity index (χ3n) is 4.47. The van der Waals surface area contributed by atoms with Gasteiger partial charge < -0.3 is 14.4 Å². The molecule has 5 nitrogen and oxygen atoms in total. The Kier molecular flexibility index (Phi) is 6.71. The van der Waals surface area contributed by atoms with Crippen molar-refractivity contribution in [1.82, 2.24) is 4.57 Å². The third kappa shape index (κ3) is 4.03. The second-order valence-electron chi connectivity index (χ2n) is 6.33. The number of hydrogen-bond donors (Lipinski definition) is 1. The Hall–Kier alpha value is -2.54.